The van der Waals surface area contributed by atoms with E-state index in [1.54, 1.807) is 0 Å². The number of hydrogen-bond acceptors (Lipinski definition) is 5. The van der Waals surface area contributed by atoms with Gasteiger partial charge >= 0.3 is 73.9 Å². The van der Waals surface area contributed by atoms with Gasteiger partial charge in [0.15, 0.2) is 7.14 Å². The summed E-state index contributed by atoms with van der Waals surface area (Å²) in [5.74, 6) is 0. The summed E-state index contributed by atoms with van der Waals surface area (Å²) in [5, 5.41) is 0. The molecule has 0 aromatic heterocycles. The van der Waals surface area contributed by atoms with Gasteiger partial charge in [0.25, 0.3) is 0 Å². The number of phosphoric acid groups is 1. The first-order valence-corrected chi connectivity index (χ1v) is 13.4. The standard InChI is InChI=1S/C14H14I.Mo.H3O4P.3O/c1-11-7-3-5-9-13(11)15-14-10-6-4-8-12(14)2;;1-5(2,3)4;;;/h3-10H,1-2H3;;(H3,1,2,3,4);;;/q2*+1;;;;-1/p-1. The normalized spacial score (nSPS) is 11.5. The summed E-state index contributed by atoms with van der Waals surface area (Å²) in [4.78, 5) is 15.4. The van der Waals surface area contributed by atoms with Gasteiger partial charge in [0, 0.05) is 11.1 Å². The summed E-state index contributed by atoms with van der Waals surface area (Å²) in [6.07, 6.45) is 0. The third kappa shape index (κ3) is 9.13. The van der Waals surface area contributed by atoms with E-state index in [2.05, 4.69) is 65.6 Å². The van der Waals surface area contributed by atoms with Crippen molar-refractivity contribution in [1.82, 2.24) is 0 Å². The van der Waals surface area contributed by atoms with E-state index in [0.29, 0.717) is 0 Å². The molecule has 0 aliphatic carbocycles. The molecule has 0 radical (unpaired) electrons. The minimum absolute atomic E-state index is 0.0147. The third-order valence-electron chi connectivity index (χ3n) is 2.55. The molecule has 10 heteroatoms. The third-order valence-corrected chi connectivity index (χ3v) is 9.28. The Labute approximate surface area is 153 Å². The van der Waals surface area contributed by atoms with E-state index in [0.717, 1.165) is 0 Å². The van der Waals surface area contributed by atoms with Gasteiger partial charge in [0.05, 0.1) is 0 Å². The van der Waals surface area contributed by atoms with E-state index in [-0.39, 0.29) is 21.2 Å². The molecule has 2 aromatic carbocycles. The monoisotopic (exact) mass is 552 g/mol. The molecule has 2 rings (SSSR count). The molecule has 2 N–H and O–H groups in total. The van der Waals surface area contributed by atoms with Crippen LogP contribution in [0.1, 0.15) is 11.1 Å². The van der Waals surface area contributed by atoms with Gasteiger partial charge in [-0.25, -0.2) is 0 Å². The van der Waals surface area contributed by atoms with Crippen LogP contribution in [0.15, 0.2) is 48.5 Å². The quantitative estimate of drug-likeness (QED) is 0.272. The molecule has 0 spiro atoms. The number of rotatable bonds is 4. The van der Waals surface area contributed by atoms with Crippen LogP contribution in [0.25, 0.3) is 0 Å². The zero-order valence-corrected chi connectivity index (χ0v) is 17.8. The fraction of sp³-hybridized carbons (Fsp3) is 0.143. The van der Waals surface area contributed by atoms with Gasteiger partial charge in [-0.2, -0.15) is 0 Å². The van der Waals surface area contributed by atoms with Gasteiger partial charge < -0.3 is 0 Å². The van der Waals surface area contributed by atoms with Gasteiger partial charge in [-0.3, -0.25) is 0 Å². The van der Waals surface area contributed by atoms with Gasteiger partial charge in [0.1, 0.15) is 0 Å². The summed E-state index contributed by atoms with van der Waals surface area (Å²) in [5.41, 5.74) is 2.85. The molecule has 0 aliphatic heterocycles. The zero-order valence-electron chi connectivity index (χ0n) is 12.8. The Morgan fingerprint density at radius 3 is 1.58 bits per heavy atom. The number of aryl methyl sites for hydroxylation is 2. The van der Waals surface area contributed by atoms with Crippen LogP contribution >= 0.6 is 7.82 Å². The molecular weight excluding hydrogens is 534 g/mol. The molecular formula is C14H16IMoO7P. The Kier molecular flexibility index (Phi) is 8.35. The first-order chi connectivity index (χ1) is 11.0. The molecule has 0 aliphatic rings. The molecule has 0 amide bonds. The van der Waals surface area contributed by atoms with Crippen molar-refractivity contribution in [2.75, 3.05) is 0 Å². The predicted molar refractivity (Wildman–Crippen MR) is 74.3 cm³/mol. The van der Waals surface area contributed by atoms with Crippen molar-refractivity contribution in [2.24, 2.45) is 0 Å². The van der Waals surface area contributed by atoms with Gasteiger partial charge in [-0.05, 0) is 26.0 Å². The molecule has 0 atom stereocenters. The van der Waals surface area contributed by atoms with Crippen molar-refractivity contribution in [3.8, 4) is 0 Å². The minimum atomic E-state index is -6.28. The van der Waals surface area contributed by atoms with Gasteiger partial charge in [-0.1, -0.05) is 36.4 Å². The molecule has 0 saturated heterocycles. The van der Waals surface area contributed by atoms with Crippen molar-refractivity contribution in [2.45, 2.75) is 13.8 Å². The van der Waals surface area contributed by atoms with E-state index in [4.69, 9.17) is 9.79 Å². The molecule has 0 unspecified atom stereocenters. The number of hydrogen-bond donors (Lipinski definition) is 2. The SMILES string of the molecule is Cc1ccccc1[I+]c1ccccc1C.O=P(O)(O)[O][Mo](=[O])(=[O])[O-]. The van der Waals surface area contributed by atoms with Gasteiger partial charge in [-0.15, -0.1) is 0 Å². The van der Waals surface area contributed by atoms with Crippen LogP contribution in [0.2, 0.25) is 0 Å². The molecule has 7 nitrogen and oxygen atoms in total. The summed E-state index contributed by atoms with van der Waals surface area (Å²) in [6.45, 7) is 4.40. The second-order valence-corrected chi connectivity index (χ2v) is 11.7. The Balaban J connectivity index is 0.000000277. The van der Waals surface area contributed by atoms with Crippen LogP contribution in [0, 0.1) is 21.0 Å². The van der Waals surface area contributed by atoms with E-state index in [9.17, 15) is 15.1 Å². The molecule has 0 heterocycles. The van der Waals surface area contributed by atoms with E-state index in [1.807, 2.05) is 0 Å². The fourth-order valence-electron chi connectivity index (χ4n) is 1.54. The Morgan fingerprint density at radius 1 is 0.958 bits per heavy atom. The van der Waals surface area contributed by atoms with Crippen LogP contribution < -0.4 is 25.0 Å². The fourth-order valence-corrected chi connectivity index (χ4v) is 6.15. The maximum absolute atomic E-state index is 9.57. The molecule has 0 fully saturated rings. The average molecular weight is 550 g/mol. The molecule has 0 bridgehead atoms. The van der Waals surface area contributed by atoms with Crippen molar-refractivity contribution >= 4 is 7.82 Å². The van der Waals surface area contributed by atoms with Crippen LogP contribution in [0.5, 0.6) is 0 Å². The van der Waals surface area contributed by atoms with Crippen molar-refractivity contribution in [3.63, 3.8) is 0 Å². The second-order valence-electron chi connectivity index (χ2n) is 4.57. The summed E-state index contributed by atoms with van der Waals surface area (Å²) >= 11 is -6.29. The molecule has 24 heavy (non-hydrogen) atoms. The topological polar surface area (TPSA) is 124 Å². The summed E-state index contributed by atoms with van der Waals surface area (Å²) < 4.78 is 43.9. The van der Waals surface area contributed by atoms with Gasteiger partial charge in [0.2, 0.25) is 0 Å². The predicted octanol–water partition coefficient (Wildman–Crippen LogP) is -1.44. The first kappa shape index (κ1) is 21.6. The molecule has 2 aromatic rings. The summed E-state index contributed by atoms with van der Waals surface area (Å²) in [7, 11) is -5.14. The van der Waals surface area contributed by atoms with Crippen LogP contribution in [0.3, 0.4) is 0 Å². The average Bonchev–Trinajstić information content (AvgIpc) is 2.40. The van der Waals surface area contributed by atoms with Crippen molar-refractivity contribution < 1.29 is 66.0 Å². The van der Waals surface area contributed by atoms with Crippen LogP contribution in [0.4, 0.5) is 0 Å². The number of benzene rings is 2. The van der Waals surface area contributed by atoms with Crippen LogP contribution in [-0.4, -0.2) is 9.79 Å². The first-order valence-electron chi connectivity index (χ1n) is 6.46. The van der Waals surface area contributed by atoms with E-state index < -0.39 is 24.6 Å². The van der Waals surface area contributed by atoms with Crippen molar-refractivity contribution in [1.29, 1.82) is 0 Å². The summed E-state index contributed by atoms with van der Waals surface area (Å²) in [6, 6.07) is 17.4. The molecule has 132 valence electrons. The molecule has 0 saturated carbocycles. The van der Waals surface area contributed by atoms with Crippen LogP contribution in [-0.2, 0) is 31.3 Å². The maximum atomic E-state index is 9.57. The van der Waals surface area contributed by atoms with E-state index in [1.165, 1.54) is 18.3 Å². The Bertz CT molecular complexity index is 789. The second kappa shape index (κ2) is 9.29. The zero-order chi connectivity index (χ0) is 18.4. The Morgan fingerprint density at radius 2 is 1.33 bits per heavy atom. The van der Waals surface area contributed by atoms with E-state index >= 15 is 0 Å². The number of halogens is 1. The van der Waals surface area contributed by atoms with Crippen molar-refractivity contribution in [3.05, 3.63) is 66.8 Å². The Hall–Kier alpha value is -0.472.